The van der Waals surface area contributed by atoms with E-state index in [1.165, 1.54) is 0 Å². The highest BCUT2D eigenvalue weighted by molar-refractivity contribution is 6.20. The van der Waals surface area contributed by atoms with Crippen molar-refractivity contribution in [2.24, 2.45) is 5.41 Å². The van der Waals surface area contributed by atoms with E-state index in [2.05, 4.69) is 0 Å². The number of ether oxygens (including phenoxy) is 1. The zero-order chi connectivity index (χ0) is 7.52. The van der Waals surface area contributed by atoms with Crippen LogP contribution in [-0.2, 0) is 14.3 Å². The highest BCUT2D eigenvalue weighted by atomic mass is 16.6. The molecule has 0 spiro atoms. The molecule has 2 fully saturated rings. The Morgan fingerprint density at radius 3 is 1.80 bits per heavy atom. The van der Waals surface area contributed by atoms with E-state index in [0.29, 0.717) is 0 Å². The molecule has 0 aromatic heterocycles. The van der Waals surface area contributed by atoms with Crippen molar-refractivity contribution in [1.82, 2.24) is 0 Å². The van der Waals surface area contributed by atoms with Crippen molar-refractivity contribution < 1.29 is 14.3 Å². The lowest BCUT2D eigenvalue weighted by Gasteiger charge is -2.13. The molecule has 0 radical (unpaired) electrons. The maximum atomic E-state index is 11.1. The number of hydrogen-bond acceptors (Lipinski definition) is 3. The highest BCUT2D eigenvalue weighted by Crippen LogP contribution is 2.43. The number of fused-ring (bicyclic) bond motifs is 1. The molecule has 10 heavy (non-hydrogen) atoms. The molecule has 2 rings (SSSR count). The summed E-state index contributed by atoms with van der Waals surface area (Å²) in [5.41, 5.74) is -0.770. The van der Waals surface area contributed by atoms with E-state index >= 15 is 0 Å². The van der Waals surface area contributed by atoms with E-state index in [1.54, 1.807) is 13.8 Å². The number of rotatable bonds is 0. The fraction of sp³-hybridized carbons (Fsp3) is 0.714. The fourth-order valence-corrected chi connectivity index (χ4v) is 1.34. The summed E-state index contributed by atoms with van der Waals surface area (Å²) in [5.74, 6) is -0.106. The third-order valence-corrected chi connectivity index (χ3v) is 2.24. The van der Waals surface area contributed by atoms with Crippen molar-refractivity contribution in [3.63, 3.8) is 0 Å². The van der Waals surface area contributed by atoms with Gasteiger partial charge in [-0.2, -0.15) is 0 Å². The van der Waals surface area contributed by atoms with Gasteiger partial charge in [0.2, 0.25) is 0 Å². The van der Waals surface area contributed by atoms with E-state index in [9.17, 15) is 9.59 Å². The molecule has 0 aromatic rings. The lowest BCUT2D eigenvalue weighted by Crippen LogP contribution is -2.30. The van der Waals surface area contributed by atoms with Gasteiger partial charge in [0.15, 0.2) is 23.8 Å². The van der Waals surface area contributed by atoms with E-state index in [4.69, 9.17) is 4.74 Å². The monoisotopic (exact) mass is 140 g/mol. The Morgan fingerprint density at radius 2 is 1.60 bits per heavy atom. The van der Waals surface area contributed by atoms with Gasteiger partial charge in [0.05, 0.1) is 5.41 Å². The van der Waals surface area contributed by atoms with Crippen molar-refractivity contribution in [2.75, 3.05) is 0 Å². The summed E-state index contributed by atoms with van der Waals surface area (Å²) in [7, 11) is 0. The van der Waals surface area contributed by atoms with Crippen LogP contribution in [0.4, 0.5) is 0 Å². The summed E-state index contributed by atoms with van der Waals surface area (Å²) in [6.07, 6.45) is -0.773. The molecule has 1 aliphatic heterocycles. The second kappa shape index (κ2) is 1.32. The topological polar surface area (TPSA) is 46.7 Å². The smallest absolute Gasteiger partial charge is 0.177 e. The van der Waals surface area contributed by atoms with Crippen LogP contribution in [0.15, 0.2) is 0 Å². The van der Waals surface area contributed by atoms with Crippen LogP contribution in [-0.4, -0.2) is 23.8 Å². The Kier molecular flexibility index (Phi) is 0.798. The molecule has 3 heteroatoms. The van der Waals surface area contributed by atoms with Crippen molar-refractivity contribution in [2.45, 2.75) is 26.1 Å². The van der Waals surface area contributed by atoms with E-state index in [1.807, 2.05) is 0 Å². The largest absolute Gasteiger partial charge is 0.353 e. The summed E-state index contributed by atoms with van der Waals surface area (Å²) in [6.45, 7) is 3.32. The molecule has 0 bridgehead atoms. The Hall–Kier alpha value is -0.700. The van der Waals surface area contributed by atoms with E-state index in [0.717, 1.165) is 0 Å². The third-order valence-electron chi connectivity index (χ3n) is 2.24. The summed E-state index contributed by atoms with van der Waals surface area (Å²) >= 11 is 0. The molecule has 2 aliphatic rings. The number of carbonyl (C=O) groups excluding carboxylic acids is 2. The van der Waals surface area contributed by atoms with Gasteiger partial charge in [0.1, 0.15) is 0 Å². The first kappa shape index (κ1) is 6.04. The molecule has 0 aromatic carbocycles. The van der Waals surface area contributed by atoms with Crippen LogP contribution >= 0.6 is 0 Å². The maximum absolute atomic E-state index is 11.1. The Balaban J connectivity index is 2.41. The summed E-state index contributed by atoms with van der Waals surface area (Å²) < 4.78 is 4.81. The average molecular weight is 140 g/mol. The van der Waals surface area contributed by atoms with Gasteiger partial charge in [-0.25, -0.2) is 0 Å². The molecule has 54 valence electrons. The summed E-state index contributed by atoms with van der Waals surface area (Å²) in [6, 6.07) is 0. The minimum Gasteiger partial charge on any atom is -0.353 e. The van der Waals surface area contributed by atoms with Gasteiger partial charge in [0, 0.05) is 0 Å². The molecule has 3 nitrogen and oxygen atoms in total. The average Bonchev–Trinajstić information content (AvgIpc) is 2.58. The quantitative estimate of drug-likeness (QED) is 0.349. The van der Waals surface area contributed by atoms with Crippen molar-refractivity contribution >= 4 is 11.6 Å². The van der Waals surface area contributed by atoms with Crippen LogP contribution in [0.1, 0.15) is 13.8 Å². The number of carbonyl (C=O) groups is 2. The molecule has 1 heterocycles. The van der Waals surface area contributed by atoms with Gasteiger partial charge >= 0.3 is 0 Å². The van der Waals surface area contributed by atoms with Crippen molar-refractivity contribution in [1.29, 1.82) is 0 Å². The van der Waals surface area contributed by atoms with Gasteiger partial charge < -0.3 is 4.74 Å². The predicted molar refractivity (Wildman–Crippen MR) is 32.5 cm³/mol. The van der Waals surface area contributed by atoms with Crippen molar-refractivity contribution in [3.05, 3.63) is 0 Å². The molecule has 2 unspecified atom stereocenters. The van der Waals surface area contributed by atoms with E-state index < -0.39 is 5.41 Å². The van der Waals surface area contributed by atoms with Crippen molar-refractivity contribution in [3.8, 4) is 0 Å². The molecule has 1 saturated heterocycles. The molecule has 2 atom stereocenters. The van der Waals surface area contributed by atoms with Gasteiger partial charge in [-0.05, 0) is 13.8 Å². The Morgan fingerprint density at radius 1 is 1.20 bits per heavy atom. The molecule has 0 amide bonds. The first-order chi connectivity index (χ1) is 4.55. The molecular formula is C7H8O3. The number of epoxide rings is 1. The second-order valence-corrected chi connectivity index (χ2v) is 3.33. The molecule has 0 N–H and O–H groups in total. The van der Waals surface area contributed by atoms with Gasteiger partial charge in [-0.15, -0.1) is 0 Å². The summed E-state index contributed by atoms with van der Waals surface area (Å²) in [5, 5.41) is 0. The van der Waals surface area contributed by atoms with Crippen LogP contribution < -0.4 is 0 Å². The van der Waals surface area contributed by atoms with Crippen LogP contribution in [0.3, 0.4) is 0 Å². The minimum absolute atomic E-state index is 0.0532. The maximum Gasteiger partial charge on any atom is 0.177 e. The number of ketones is 2. The third kappa shape index (κ3) is 0.453. The number of Topliss-reactive ketones (excluding diaryl/α,β-unsaturated/α-hetero) is 2. The molecule has 1 aliphatic carbocycles. The van der Waals surface area contributed by atoms with Gasteiger partial charge in [-0.3, -0.25) is 9.59 Å². The SMILES string of the molecule is CC1(C)C(=O)C2OC2C1=O. The minimum atomic E-state index is -0.770. The van der Waals surface area contributed by atoms with Crippen LogP contribution in [0.2, 0.25) is 0 Å². The lowest BCUT2D eigenvalue weighted by molar-refractivity contribution is -0.138. The normalized spacial score (nSPS) is 41.8. The highest BCUT2D eigenvalue weighted by Gasteiger charge is 2.65. The van der Waals surface area contributed by atoms with Crippen LogP contribution in [0.5, 0.6) is 0 Å². The summed E-state index contributed by atoms with van der Waals surface area (Å²) in [4.78, 5) is 22.3. The van der Waals surface area contributed by atoms with Crippen LogP contribution in [0.25, 0.3) is 0 Å². The van der Waals surface area contributed by atoms with Gasteiger partial charge in [-0.1, -0.05) is 0 Å². The Labute approximate surface area is 58.4 Å². The van der Waals surface area contributed by atoms with Gasteiger partial charge in [0.25, 0.3) is 0 Å². The molecular weight excluding hydrogens is 132 g/mol. The lowest BCUT2D eigenvalue weighted by atomic mass is 9.89. The van der Waals surface area contributed by atoms with Crippen LogP contribution in [0, 0.1) is 5.41 Å². The fourth-order valence-electron chi connectivity index (χ4n) is 1.34. The first-order valence-electron chi connectivity index (χ1n) is 3.29. The zero-order valence-electron chi connectivity index (χ0n) is 5.88. The predicted octanol–water partition coefficient (Wildman–Crippen LogP) is -0.0682. The first-order valence-corrected chi connectivity index (χ1v) is 3.29. The Bertz CT molecular complexity index is 207. The number of hydrogen-bond donors (Lipinski definition) is 0. The molecule has 1 saturated carbocycles. The zero-order valence-corrected chi connectivity index (χ0v) is 5.88. The van der Waals surface area contributed by atoms with E-state index in [-0.39, 0.29) is 23.8 Å². The second-order valence-electron chi connectivity index (χ2n) is 3.33. The standard InChI is InChI=1S/C7H8O3/c1-7(2)5(8)3-4(10-3)6(7)9/h3-4H,1-2H3.